The number of hydrogen-bond acceptors (Lipinski definition) is 2. The second-order valence-corrected chi connectivity index (χ2v) is 6.82. The number of amides is 1. The van der Waals surface area contributed by atoms with Crippen LogP contribution in [0.5, 0.6) is 0 Å². The number of carbonyl (C=O) groups is 1. The average Bonchev–Trinajstić information content (AvgIpc) is 2.69. The molecule has 0 atom stereocenters. The van der Waals surface area contributed by atoms with Gasteiger partial charge in [0.25, 0.3) is 5.91 Å². The van der Waals surface area contributed by atoms with Crippen molar-refractivity contribution in [2.45, 2.75) is 19.4 Å². The van der Waals surface area contributed by atoms with Crippen LogP contribution in [0.15, 0.2) is 72.8 Å². The Labute approximate surface area is 158 Å². The lowest BCUT2D eigenvalue weighted by Gasteiger charge is -2.31. The molecule has 1 N–H and O–H groups in total. The van der Waals surface area contributed by atoms with E-state index in [0.29, 0.717) is 11.3 Å². The Bertz CT molecular complexity index is 953. The van der Waals surface area contributed by atoms with Crippen LogP contribution in [0.2, 0.25) is 0 Å². The fourth-order valence-corrected chi connectivity index (χ4v) is 3.53. The van der Waals surface area contributed by atoms with Gasteiger partial charge in [-0.15, -0.1) is 0 Å². The lowest BCUT2D eigenvalue weighted by atomic mass is 10.0. The number of benzene rings is 3. The first-order chi connectivity index (χ1) is 13.2. The summed E-state index contributed by atoms with van der Waals surface area (Å²) in [5.74, 6) is -0.611. The number of carbonyl (C=O) groups excluding carboxylic acids is 1. The van der Waals surface area contributed by atoms with Crippen molar-refractivity contribution in [1.82, 2.24) is 0 Å². The number of rotatable bonds is 4. The van der Waals surface area contributed by atoms with Gasteiger partial charge in [-0.2, -0.15) is 0 Å². The van der Waals surface area contributed by atoms with Gasteiger partial charge < -0.3 is 10.2 Å². The van der Waals surface area contributed by atoms with Gasteiger partial charge in [-0.1, -0.05) is 36.4 Å². The number of fused-ring (bicyclic) bond motifs is 1. The van der Waals surface area contributed by atoms with Crippen LogP contribution in [-0.4, -0.2) is 12.5 Å². The summed E-state index contributed by atoms with van der Waals surface area (Å²) in [6.07, 6.45) is 2.29. The maximum absolute atomic E-state index is 13.2. The molecule has 0 aliphatic carbocycles. The molecule has 27 heavy (non-hydrogen) atoms. The van der Waals surface area contributed by atoms with Crippen LogP contribution in [0.1, 0.15) is 27.9 Å². The van der Waals surface area contributed by atoms with E-state index in [0.717, 1.165) is 31.5 Å². The van der Waals surface area contributed by atoms with Gasteiger partial charge in [-0.3, -0.25) is 4.79 Å². The van der Waals surface area contributed by atoms with E-state index in [1.807, 2.05) is 24.3 Å². The van der Waals surface area contributed by atoms with Crippen LogP contribution >= 0.6 is 0 Å². The van der Waals surface area contributed by atoms with Crippen molar-refractivity contribution in [2.24, 2.45) is 0 Å². The Kier molecular flexibility index (Phi) is 4.88. The number of nitrogens with zero attached hydrogens (tertiary/aromatic N) is 1. The highest BCUT2D eigenvalue weighted by atomic mass is 19.1. The molecule has 4 heteroatoms. The van der Waals surface area contributed by atoms with E-state index in [-0.39, 0.29) is 11.7 Å². The molecule has 0 bridgehead atoms. The molecule has 3 nitrogen and oxygen atoms in total. The minimum atomic E-state index is -0.370. The van der Waals surface area contributed by atoms with Gasteiger partial charge in [-0.05, 0) is 60.4 Å². The first-order valence-electron chi connectivity index (χ1n) is 9.18. The van der Waals surface area contributed by atoms with Crippen molar-refractivity contribution in [1.29, 1.82) is 0 Å². The minimum absolute atomic E-state index is 0.240. The maximum atomic E-state index is 13.2. The van der Waals surface area contributed by atoms with Crippen LogP contribution in [0.3, 0.4) is 0 Å². The molecule has 0 saturated heterocycles. The van der Waals surface area contributed by atoms with Crippen molar-refractivity contribution in [2.75, 3.05) is 16.8 Å². The topological polar surface area (TPSA) is 32.3 Å². The zero-order valence-corrected chi connectivity index (χ0v) is 15.0. The van der Waals surface area contributed by atoms with E-state index in [1.54, 1.807) is 12.1 Å². The van der Waals surface area contributed by atoms with E-state index >= 15 is 0 Å². The Morgan fingerprint density at radius 3 is 2.63 bits per heavy atom. The monoisotopic (exact) mass is 360 g/mol. The van der Waals surface area contributed by atoms with Gasteiger partial charge in [0.15, 0.2) is 0 Å². The zero-order valence-electron chi connectivity index (χ0n) is 15.0. The molecule has 0 fully saturated rings. The normalized spacial score (nSPS) is 13.1. The molecule has 1 amide bonds. The zero-order chi connectivity index (χ0) is 18.6. The lowest BCUT2D eigenvalue weighted by Crippen LogP contribution is -2.28. The van der Waals surface area contributed by atoms with Gasteiger partial charge in [0, 0.05) is 30.0 Å². The van der Waals surface area contributed by atoms with Crippen molar-refractivity contribution < 1.29 is 9.18 Å². The second kappa shape index (κ2) is 7.62. The number of hydrogen-bond donors (Lipinski definition) is 1. The summed E-state index contributed by atoms with van der Waals surface area (Å²) in [6, 6.07) is 22.0. The largest absolute Gasteiger partial charge is 0.367 e. The molecule has 0 aromatic heterocycles. The van der Waals surface area contributed by atoms with E-state index in [2.05, 4.69) is 34.5 Å². The van der Waals surface area contributed by atoms with Crippen LogP contribution in [-0.2, 0) is 13.0 Å². The highest BCUT2D eigenvalue weighted by Crippen LogP contribution is 2.28. The summed E-state index contributed by atoms with van der Waals surface area (Å²) in [7, 11) is 0. The Morgan fingerprint density at radius 2 is 1.81 bits per heavy atom. The summed E-state index contributed by atoms with van der Waals surface area (Å²) in [5, 5.41) is 2.72. The Balaban J connectivity index is 1.44. The van der Waals surface area contributed by atoms with Crippen molar-refractivity contribution in [3.8, 4) is 0 Å². The van der Waals surface area contributed by atoms with Gasteiger partial charge in [0.1, 0.15) is 5.82 Å². The molecule has 0 saturated carbocycles. The Morgan fingerprint density at radius 1 is 1.00 bits per heavy atom. The molecular formula is C23H21FN2O. The summed E-state index contributed by atoms with van der Waals surface area (Å²) < 4.78 is 13.2. The van der Waals surface area contributed by atoms with Gasteiger partial charge in [0.2, 0.25) is 0 Å². The smallest absolute Gasteiger partial charge is 0.255 e. The van der Waals surface area contributed by atoms with Crippen LogP contribution in [0, 0.1) is 5.82 Å². The highest BCUT2D eigenvalue weighted by Gasteiger charge is 2.16. The molecule has 0 radical (unpaired) electrons. The third kappa shape index (κ3) is 4.00. The molecule has 3 aromatic carbocycles. The van der Waals surface area contributed by atoms with Crippen LogP contribution in [0.4, 0.5) is 15.8 Å². The number of nitrogens with one attached hydrogen (secondary N) is 1. The summed E-state index contributed by atoms with van der Waals surface area (Å²) in [4.78, 5) is 14.7. The van der Waals surface area contributed by atoms with Gasteiger partial charge >= 0.3 is 0 Å². The number of anilines is 2. The predicted molar refractivity (Wildman–Crippen MR) is 107 cm³/mol. The first kappa shape index (κ1) is 17.3. The summed E-state index contributed by atoms with van der Waals surface area (Å²) >= 11 is 0. The van der Waals surface area contributed by atoms with Gasteiger partial charge in [0.05, 0.1) is 0 Å². The van der Waals surface area contributed by atoms with Crippen molar-refractivity contribution >= 4 is 17.3 Å². The number of para-hydroxylation sites is 1. The number of aryl methyl sites for hydroxylation is 1. The van der Waals surface area contributed by atoms with Crippen molar-refractivity contribution in [3.05, 3.63) is 95.3 Å². The lowest BCUT2D eigenvalue weighted by molar-refractivity contribution is 0.102. The fourth-order valence-electron chi connectivity index (χ4n) is 3.53. The molecule has 4 rings (SSSR count). The number of halogens is 1. The van der Waals surface area contributed by atoms with Crippen LogP contribution < -0.4 is 10.2 Å². The van der Waals surface area contributed by atoms with E-state index in [4.69, 9.17) is 0 Å². The molecular weight excluding hydrogens is 339 g/mol. The van der Waals surface area contributed by atoms with E-state index < -0.39 is 0 Å². The maximum Gasteiger partial charge on any atom is 0.255 e. The Hall–Kier alpha value is -3.14. The van der Waals surface area contributed by atoms with Crippen LogP contribution in [0.25, 0.3) is 0 Å². The summed E-state index contributed by atoms with van der Waals surface area (Å²) in [5.41, 5.74) is 4.87. The summed E-state index contributed by atoms with van der Waals surface area (Å²) in [6.45, 7) is 1.86. The SMILES string of the molecule is O=C(Nc1cccc(F)c1)c1ccc(CN2CCCc3ccccc32)cc1. The van der Waals surface area contributed by atoms with E-state index in [1.165, 1.54) is 23.4 Å². The molecule has 1 aliphatic rings. The van der Waals surface area contributed by atoms with Crippen molar-refractivity contribution in [3.63, 3.8) is 0 Å². The molecule has 0 unspecified atom stereocenters. The average molecular weight is 360 g/mol. The molecule has 3 aromatic rings. The minimum Gasteiger partial charge on any atom is -0.367 e. The fraction of sp³-hybridized carbons (Fsp3) is 0.174. The molecule has 136 valence electrons. The third-order valence-electron chi connectivity index (χ3n) is 4.88. The van der Waals surface area contributed by atoms with E-state index in [9.17, 15) is 9.18 Å². The van der Waals surface area contributed by atoms with Gasteiger partial charge in [-0.25, -0.2) is 4.39 Å². The predicted octanol–water partition coefficient (Wildman–Crippen LogP) is 5.03. The molecule has 0 spiro atoms. The molecule has 1 aliphatic heterocycles. The second-order valence-electron chi connectivity index (χ2n) is 6.82. The standard InChI is InChI=1S/C23H21FN2O/c24-20-7-3-8-21(15-20)25-23(27)19-12-10-17(11-13-19)16-26-14-4-6-18-5-1-2-9-22(18)26/h1-3,5,7-13,15H,4,6,14,16H2,(H,25,27). The first-order valence-corrected chi connectivity index (χ1v) is 9.18. The highest BCUT2D eigenvalue weighted by molar-refractivity contribution is 6.04. The molecule has 1 heterocycles. The quantitative estimate of drug-likeness (QED) is 0.708. The third-order valence-corrected chi connectivity index (χ3v) is 4.88.